The summed E-state index contributed by atoms with van der Waals surface area (Å²) in [6.07, 6.45) is 1.68. The zero-order valence-corrected chi connectivity index (χ0v) is 17.2. The van der Waals surface area contributed by atoms with Crippen molar-refractivity contribution in [2.24, 2.45) is 0 Å². The van der Waals surface area contributed by atoms with Gasteiger partial charge >= 0.3 is 0 Å². The molecule has 0 aliphatic carbocycles. The second kappa shape index (κ2) is 8.97. The number of hydrogen-bond acceptors (Lipinski definition) is 3. The molecule has 4 aromatic rings. The maximum absolute atomic E-state index is 12.9. The van der Waals surface area contributed by atoms with Gasteiger partial charge in [-0.05, 0) is 53.6 Å². The summed E-state index contributed by atoms with van der Waals surface area (Å²) in [7, 11) is 1.66. The number of hydrogen-bond donors (Lipinski definition) is 1. The highest BCUT2D eigenvalue weighted by Crippen LogP contribution is 2.26. The van der Waals surface area contributed by atoms with E-state index in [4.69, 9.17) is 4.74 Å². The van der Waals surface area contributed by atoms with Crippen molar-refractivity contribution in [1.29, 1.82) is 0 Å². The Labute approximate surface area is 174 Å². The predicted molar refractivity (Wildman–Crippen MR) is 119 cm³/mol. The normalized spacial score (nSPS) is 10.9. The van der Waals surface area contributed by atoms with Gasteiger partial charge in [-0.2, -0.15) is 0 Å². The van der Waals surface area contributed by atoms with E-state index < -0.39 is 0 Å². The van der Waals surface area contributed by atoms with E-state index in [1.807, 2.05) is 36.4 Å². The molecule has 0 aliphatic rings. The molecular weight excluding hydrogens is 380 g/mol. The number of carbonyl (C=O) groups is 1. The highest BCUT2D eigenvalue weighted by Gasteiger charge is 2.16. The Morgan fingerprint density at radius 3 is 2.52 bits per heavy atom. The Kier molecular flexibility index (Phi) is 5.96. The number of amides is 1. The molecule has 1 amide bonds. The van der Waals surface area contributed by atoms with E-state index in [1.165, 1.54) is 11.1 Å². The van der Waals surface area contributed by atoms with Gasteiger partial charge in [0.2, 0.25) is 0 Å². The lowest BCUT2D eigenvalue weighted by molar-refractivity contribution is 0.0945. The molecule has 2 heterocycles. The van der Waals surface area contributed by atoms with Crippen molar-refractivity contribution in [3.63, 3.8) is 0 Å². The maximum Gasteiger partial charge on any atom is 0.267 e. The number of aryl methyl sites for hydroxylation is 2. The smallest absolute Gasteiger partial charge is 0.267 e. The second-order valence-electron chi connectivity index (χ2n) is 6.94. The molecule has 0 aliphatic heterocycles. The van der Waals surface area contributed by atoms with Crippen molar-refractivity contribution in [3.8, 4) is 5.75 Å². The van der Waals surface area contributed by atoms with Gasteiger partial charge < -0.3 is 14.6 Å². The van der Waals surface area contributed by atoms with Crippen molar-refractivity contribution in [1.82, 2.24) is 9.88 Å². The van der Waals surface area contributed by atoms with Crippen LogP contribution in [-0.4, -0.2) is 24.1 Å². The fraction of sp³-hybridized carbons (Fsp3) is 0.208. The third-order valence-corrected chi connectivity index (χ3v) is 5.93. The van der Waals surface area contributed by atoms with Crippen LogP contribution in [0.25, 0.3) is 10.2 Å². The third-order valence-electron chi connectivity index (χ3n) is 5.08. The molecule has 0 fully saturated rings. The highest BCUT2D eigenvalue weighted by molar-refractivity contribution is 7.17. The van der Waals surface area contributed by atoms with Gasteiger partial charge in [0.05, 0.1) is 17.3 Å². The SMILES string of the molecule is COc1ccc(CCNC(=O)c2cc3sccc3n2CCc2ccccc2)cc1. The van der Waals surface area contributed by atoms with Crippen molar-refractivity contribution < 1.29 is 9.53 Å². The number of nitrogens with one attached hydrogen (secondary N) is 1. The lowest BCUT2D eigenvalue weighted by Gasteiger charge is -2.11. The Morgan fingerprint density at radius 2 is 1.76 bits per heavy atom. The molecule has 0 spiro atoms. The molecule has 2 aromatic heterocycles. The molecule has 1 N–H and O–H groups in total. The molecule has 0 bridgehead atoms. The largest absolute Gasteiger partial charge is 0.497 e. The first kappa shape index (κ1) is 19.3. The Hall–Kier alpha value is -3.05. The van der Waals surface area contributed by atoms with E-state index >= 15 is 0 Å². The summed E-state index contributed by atoms with van der Waals surface area (Å²) in [6, 6.07) is 22.4. The van der Waals surface area contributed by atoms with E-state index in [0.717, 1.165) is 41.0 Å². The van der Waals surface area contributed by atoms with E-state index in [9.17, 15) is 4.79 Å². The first-order valence-corrected chi connectivity index (χ1v) is 10.6. The standard InChI is InChI=1S/C24H24N2O2S/c1-28-20-9-7-19(8-10-20)11-14-25-24(27)22-17-23-21(13-16-29-23)26(22)15-12-18-5-3-2-4-6-18/h2-10,13,16-17H,11-12,14-15H2,1H3,(H,25,27). The third kappa shape index (κ3) is 4.51. The van der Waals surface area contributed by atoms with Gasteiger partial charge in [0, 0.05) is 13.1 Å². The van der Waals surface area contributed by atoms with Crippen LogP contribution in [0.15, 0.2) is 72.1 Å². The minimum absolute atomic E-state index is 0.0185. The van der Waals surface area contributed by atoms with Gasteiger partial charge in [-0.3, -0.25) is 4.79 Å². The van der Waals surface area contributed by atoms with E-state index in [-0.39, 0.29) is 5.91 Å². The Morgan fingerprint density at radius 1 is 1.00 bits per heavy atom. The van der Waals surface area contributed by atoms with Gasteiger partial charge in [-0.15, -0.1) is 11.3 Å². The average molecular weight is 405 g/mol. The molecule has 0 unspecified atom stereocenters. The molecule has 0 atom stereocenters. The minimum Gasteiger partial charge on any atom is -0.497 e. The molecule has 0 saturated carbocycles. The number of rotatable bonds is 8. The number of benzene rings is 2. The van der Waals surface area contributed by atoms with Crippen LogP contribution >= 0.6 is 11.3 Å². The molecule has 2 aromatic carbocycles. The maximum atomic E-state index is 12.9. The number of nitrogens with zero attached hydrogens (tertiary/aromatic N) is 1. The van der Waals surface area contributed by atoms with Crippen LogP contribution < -0.4 is 10.1 Å². The quantitative estimate of drug-likeness (QED) is 0.453. The molecule has 148 valence electrons. The molecule has 0 radical (unpaired) electrons. The number of fused-ring (bicyclic) bond motifs is 1. The first-order valence-electron chi connectivity index (χ1n) is 9.76. The van der Waals surface area contributed by atoms with Crippen LogP contribution in [0.3, 0.4) is 0 Å². The predicted octanol–water partition coefficient (Wildman–Crippen LogP) is 4.93. The molecule has 0 saturated heterocycles. The number of methoxy groups -OCH3 is 1. The van der Waals surface area contributed by atoms with Crippen molar-refractivity contribution >= 4 is 27.5 Å². The van der Waals surface area contributed by atoms with Crippen LogP contribution in [0.2, 0.25) is 0 Å². The molecule has 4 rings (SSSR count). The topological polar surface area (TPSA) is 43.3 Å². The van der Waals surface area contributed by atoms with Crippen molar-refractivity contribution in [2.75, 3.05) is 13.7 Å². The van der Waals surface area contributed by atoms with Crippen molar-refractivity contribution in [2.45, 2.75) is 19.4 Å². The fourth-order valence-corrected chi connectivity index (χ4v) is 4.32. The summed E-state index contributed by atoms with van der Waals surface area (Å²) >= 11 is 1.67. The summed E-state index contributed by atoms with van der Waals surface area (Å²) < 4.78 is 8.48. The first-order chi connectivity index (χ1) is 14.2. The van der Waals surface area contributed by atoms with Gasteiger partial charge in [-0.25, -0.2) is 0 Å². The van der Waals surface area contributed by atoms with Crippen LogP contribution in [0.5, 0.6) is 5.75 Å². The van der Waals surface area contributed by atoms with Gasteiger partial charge in [-0.1, -0.05) is 42.5 Å². The number of thiophene rings is 1. The van der Waals surface area contributed by atoms with Gasteiger partial charge in [0.15, 0.2) is 0 Å². The lowest BCUT2D eigenvalue weighted by atomic mass is 10.1. The van der Waals surface area contributed by atoms with Crippen LogP contribution in [0.4, 0.5) is 0 Å². The summed E-state index contributed by atoms with van der Waals surface area (Å²) in [6.45, 7) is 1.38. The number of aromatic nitrogens is 1. The molecule has 4 nitrogen and oxygen atoms in total. The second-order valence-corrected chi connectivity index (χ2v) is 7.89. The minimum atomic E-state index is -0.0185. The van der Waals surface area contributed by atoms with Crippen LogP contribution in [0.1, 0.15) is 21.6 Å². The number of carbonyl (C=O) groups excluding carboxylic acids is 1. The van der Waals surface area contributed by atoms with E-state index in [0.29, 0.717) is 6.54 Å². The summed E-state index contributed by atoms with van der Waals surface area (Å²) in [5, 5.41) is 5.16. The summed E-state index contributed by atoms with van der Waals surface area (Å²) in [5.41, 5.74) is 4.31. The van der Waals surface area contributed by atoms with E-state index in [2.05, 4.69) is 45.6 Å². The fourth-order valence-electron chi connectivity index (χ4n) is 3.49. The number of ether oxygens (including phenoxy) is 1. The van der Waals surface area contributed by atoms with Gasteiger partial charge in [0.25, 0.3) is 5.91 Å². The zero-order chi connectivity index (χ0) is 20.1. The average Bonchev–Trinajstić information content (AvgIpc) is 3.35. The van der Waals surface area contributed by atoms with Crippen molar-refractivity contribution in [3.05, 3.63) is 88.9 Å². The van der Waals surface area contributed by atoms with E-state index in [1.54, 1.807) is 18.4 Å². The highest BCUT2D eigenvalue weighted by atomic mass is 32.1. The lowest BCUT2D eigenvalue weighted by Crippen LogP contribution is -2.28. The monoisotopic (exact) mass is 404 g/mol. The zero-order valence-electron chi connectivity index (χ0n) is 16.4. The molecule has 29 heavy (non-hydrogen) atoms. The Bertz CT molecular complexity index is 1080. The van der Waals surface area contributed by atoms with Crippen LogP contribution in [0, 0.1) is 0 Å². The van der Waals surface area contributed by atoms with Crippen LogP contribution in [-0.2, 0) is 19.4 Å². The molecular formula is C24H24N2O2S. The molecule has 5 heteroatoms. The Balaban J connectivity index is 1.43. The summed E-state index contributed by atoms with van der Waals surface area (Å²) in [4.78, 5) is 12.9. The van der Waals surface area contributed by atoms with Gasteiger partial charge in [0.1, 0.15) is 11.4 Å². The summed E-state index contributed by atoms with van der Waals surface area (Å²) in [5.74, 6) is 0.823.